The smallest absolute Gasteiger partial charge is 0.255 e. The summed E-state index contributed by atoms with van der Waals surface area (Å²) in [5, 5.41) is 5.54. The lowest BCUT2D eigenvalue weighted by Crippen LogP contribution is -2.27. The molecular weight excluding hydrogens is 374 g/mol. The van der Waals surface area contributed by atoms with E-state index in [1.807, 2.05) is 0 Å². The molecule has 0 fully saturated rings. The van der Waals surface area contributed by atoms with E-state index in [0.29, 0.717) is 49.9 Å². The number of rotatable bonds is 12. The predicted molar refractivity (Wildman–Crippen MR) is 111 cm³/mol. The Kier molecular flexibility index (Phi) is 9.64. The van der Waals surface area contributed by atoms with Gasteiger partial charge in [0.05, 0.1) is 37.8 Å². The number of anilines is 2. The second-order valence-corrected chi connectivity index (χ2v) is 6.17. The van der Waals surface area contributed by atoms with Gasteiger partial charge in [0, 0.05) is 19.2 Å². The standard InChI is InChI=1S/C21H27N3O5/c1-27-10-11-28-12-13-29-15-20(25)23-14-16-6-8-17(9-7-16)21(26)24-19-5-3-2-4-18(19)22/h2-9H,10-15,22H2,1H3,(H,23,25)(H,24,26). The highest BCUT2D eigenvalue weighted by atomic mass is 16.5. The molecule has 0 saturated carbocycles. The van der Waals surface area contributed by atoms with Gasteiger partial charge in [-0.15, -0.1) is 0 Å². The fourth-order valence-corrected chi connectivity index (χ4v) is 2.36. The summed E-state index contributed by atoms with van der Waals surface area (Å²) < 4.78 is 15.3. The molecule has 0 saturated heterocycles. The van der Waals surface area contributed by atoms with E-state index >= 15 is 0 Å². The van der Waals surface area contributed by atoms with E-state index in [1.165, 1.54) is 0 Å². The molecule has 0 atom stereocenters. The first-order valence-corrected chi connectivity index (χ1v) is 9.26. The Morgan fingerprint density at radius 1 is 0.931 bits per heavy atom. The van der Waals surface area contributed by atoms with E-state index < -0.39 is 0 Å². The fraction of sp³-hybridized carbons (Fsp3) is 0.333. The normalized spacial score (nSPS) is 10.5. The van der Waals surface area contributed by atoms with Crippen LogP contribution in [0.15, 0.2) is 48.5 Å². The molecule has 2 aromatic rings. The first-order chi connectivity index (χ1) is 14.1. The van der Waals surface area contributed by atoms with Gasteiger partial charge in [-0.25, -0.2) is 0 Å². The van der Waals surface area contributed by atoms with Crippen molar-refractivity contribution in [2.24, 2.45) is 0 Å². The molecule has 2 rings (SSSR count). The van der Waals surface area contributed by atoms with Crippen molar-refractivity contribution in [3.63, 3.8) is 0 Å². The van der Waals surface area contributed by atoms with Gasteiger partial charge in [-0.05, 0) is 29.8 Å². The van der Waals surface area contributed by atoms with Crippen LogP contribution in [-0.4, -0.2) is 52.0 Å². The van der Waals surface area contributed by atoms with Crippen LogP contribution in [0.4, 0.5) is 11.4 Å². The summed E-state index contributed by atoms with van der Waals surface area (Å²) in [5.74, 6) is -0.470. The molecule has 4 N–H and O–H groups in total. The van der Waals surface area contributed by atoms with Gasteiger partial charge in [0.15, 0.2) is 0 Å². The zero-order valence-electron chi connectivity index (χ0n) is 16.5. The van der Waals surface area contributed by atoms with E-state index in [-0.39, 0.29) is 18.4 Å². The minimum absolute atomic E-state index is 0.0351. The third-order valence-electron chi connectivity index (χ3n) is 3.95. The highest BCUT2D eigenvalue weighted by molar-refractivity contribution is 6.05. The van der Waals surface area contributed by atoms with Crippen LogP contribution < -0.4 is 16.4 Å². The third-order valence-corrected chi connectivity index (χ3v) is 3.95. The molecule has 0 aliphatic heterocycles. The highest BCUT2D eigenvalue weighted by Crippen LogP contribution is 2.18. The zero-order chi connectivity index (χ0) is 20.9. The van der Waals surface area contributed by atoms with Crippen molar-refractivity contribution < 1.29 is 23.8 Å². The van der Waals surface area contributed by atoms with Crippen LogP contribution in [0.5, 0.6) is 0 Å². The van der Waals surface area contributed by atoms with Gasteiger partial charge in [0.2, 0.25) is 5.91 Å². The second-order valence-electron chi connectivity index (χ2n) is 6.17. The van der Waals surface area contributed by atoms with Crippen LogP contribution in [0.1, 0.15) is 15.9 Å². The number of ether oxygens (including phenoxy) is 3. The maximum absolute atomic E-state index is 12.3. The van der Waals surface area contributed by atoms with Gasteiger partial charge in [-0.1, -0.05) is 24.3 Å². The van der Waals surface area contributed by atoms with Crippen LogP contribution in [0.3, 0.4) is 0 Å². The summed E-state index contributed by atoms with van der Waals surface area (Å²) in [6.45, 7) is 2.09. The summed E-state index contributed by atoms with van der Waals surface area (Å²) in [6.07, 6.45) is 0. The van der Waals surface area contributed by atoms with E-state index in [4.69, 9.17) is 19.9 Å². The first-order valence-electron chi connectivity index (χ1n) is 9.26. The number of para-hydroxylation sites is 2. The Labute approximate surface area is 170 Å². The molecule has 0 aliphatic rings. The lowest BCUT2D eigenvalue weighted by Gasteiger charge is -2.09. The number of nitrogens with two attached hydrogens (primary N) is 1. The van der Waals surface area contributed by atoms with Crippen molar-refractivity contribution in [1.82, 2.24) is 5.32 Å². The Hall–Kier alpha value is -2.94. The number of carbonyl (C=O) groups is 2. The minimum atomic E-state index is -0.250. The Balaban J connectivity index is 1.68. The van der Waals surface area contributed by atoms with Crippen LogP contribution in [0.25, 0.3) is 0 Å². The summed E-state index contributed by atoms with van der Waals surface area (Å²) >= 11 is 0. The van der Waals surface area contributed by atoms with Crippen molar-refractivity contribution in [2.75, 3.05) is 51.2 Å². The molecule has 2 aromatic carbocycles. The van der Waals surface area contributed by atoms with Gasteiger partial charge in [0.1, 0.15) is 6.61 Å². The van der Waals surface area contributed by atoms with Crippen LogP contribution >= 0.6 is 0 Å². The number of nitrogens with one attached hydrogen (secondary N) is 2. The topological polar surface area (TPSA) is 112 Å². The van der Waals surface area contributed by atoms with Crippen LogP contribution in [-0.2, 0) is 25.5 Å². The maximum atomic E-state index is 12.3. The predicted octanol–water partition coefficient (Wildman–Crippen LogP) is 1.82. The number of benzene rings is 2. The molecule has 2 amide bonds. The average molecular weight is 401 g/mol. The molecule has 0 radical (unpaired) electrons. The molecule has 0 unspecified atom stereocenters. The van der Waals surface area contributed by atoms with Crippen molar-refractivity contribution in [3.05, 3.63) is 59.7 Å². The van der Waals surface area contributed by atoms with Gasteiger partial charge in [-0.2, -0.15) is 0 Å². The van der Waals surface area contributed by atoms with E-state index in [0.717, 1.165) is 5.56 Å². The monoisotopic (exact) mass is 401 g/mol. The zero-order valence-corrected chi connectivity index (χ0v) is 16.5. The molecule has 0 aliphatic carbocycles. The molecule has 156 valence electrons. The fourth-order valence-electron chi connectivity index (χ4n) is 2.36. The maximum Gasteiger partial charge on any atom is 0.255 e. The summed E-state index contributed by atoms with van der Waals surface area (Å²) in [6, 6.07) is 14.0. The second kappa shape index (κ2) is 12.5. The van der Waals surface area contributed by atoms with Gasteiger partial charge in [0.25, 0.3) is 5.91 Å². The van der Waals surface area contributed by atoms with E-state index in [9.17, 15) is 9.59 Å². The number of hydrogen-bond donors (Lipinski definition) is 3. The van der Waals surface area contributed by atoms with Crippen LogP contribution in [0, 0.1) is 0 Å². The van der Waals surface area contributed by atoms with E-state index in [1.54, 1.807) is 55.6 Å². The number of amides is 2. The first kappa shape index (κ1) is 22.4. The van der Waals surface area contributed by atoms with Gasteiger partial charge < -0.3 is 30.6 Å². The number of carbonyl (C=O) groups excluding carboxylic acids is 2. The number of nitrogen functional groups attached to an aromatic ring is 1. The third kappa shape index (κ3) is 8.30. The molecule has 8 heteroatoms. The van der Waals surface area contributed by atoms with Crippen molar-refractivity contribution in [3.8, 4) is 0 Å². The molecule has 8 nitrogen and oxygen atoms in total. The van der Waals surface area contributed by atoms with Crippen molar-refractivity contribution in [2.45, 2.75) is 6.54 Å². The lowest BCUT2D eigenvalue weighted by molar-refractivity contribution is -0.126. The molecule has 0 bridgehead atoms. The Morgan fingerprint density at radius 3 is 2.34 bits per heavy atom. The SMILES string of the molecule is COCCOCCOCC(=O)NCc1ccc(C(=O)Nc2ccccc2N)cc1. The molecular formula is C21H27N3O5. The van der Waals surface area contributed by atoms with Crippen molar-refractivity contribution in [1.29, 1.82) is 0 Å². The summed E-state index contributed by atoms with van der Waals surface area (Å²) in [7, 11) is 1.60. The largest absolute Gasteiger partial charge is 0.397 e. The average Bonchev–Trinajstić information content (AvgIpc) is 2.73. The van der Waals surface area contributed by atoms with Gasteiger partial charge in [-0.3, -0.25) is 9.59 Å². The van der Waals surface area contributed by atoms with Gasteiger partial charge >= 0.3 is 0 Å². The Bertz CT molecular complexity index is 780. The molecule has 29 heavy (non-hydrogen) atoms. The highest BCUT2D eigenvalue weighted by Gasteiger charge is 2.08. The Morgan fingerprint density at radius 2 is 1.62 bits per heavy atom. The number of hydrogen-bond acceptors (Lipinski definition) is 6. The summed E-state index contributed by atoms with van der Waals surface area (Å²) in [4.78, 5) is 24.1. The van der Waals surface area contributed by atoms with Crippen LogP contribution in [0.2, 0.25) is 0 Å². The quantitative estimate of drug-likeness (QED) is 0.369. The van der Waals surface area contributed by atoms with Crippen molar-refractivity contribution >= 4 is 23.2 Å². The summed E-state index contributed by atoms with van der Waals surface area (Å²) in [5.41, 5.74) is 8.28. The molecule has 0 aromatic heterocycles. The minimum Gasteiger partial charge on any atom is -0.397 e. The molecule has 0 heterocycles. The van der Waals surface area contributed by atoms with E-state index in [2.05, 4.69) is 10.6 Å². The lowest BCUT2D eigenvalue weighted by atomic mass is 10.1. The molecule has 0 spiro atoms. The number of methoxy groups -OCH3 is 1.